The number of rotatable bonds is 0. The largest absolute Gasteiger partial charge is 0.393 e. The summed E-state index contributed by atoms with van der Waals surface area (Å²) in [5, 5.41) is 9.79. The van der Waals surface area contributed by atoms with E-state index in [1.807, 2.05) is 0 Å². The normalized spacial score (nSPS) is 31.9. The minimum absolute atomic E-state index is 0.0872. The molecule has 3 heteroatoms. The van der Waals surface area contributed by atoms with E-state index in [-0.39, 0.29) is 11.9 Å². The van der Waals surface area contributed by atoms with Crippen LogP contribution in [0.4, 0.5) is 0 Å². The zero-order valence-corrected chi connectivity index (χ0v) is 10.8. The molecule has 100 valence electrons. The van der Waals surface area contributed by atoms with Crippen molar-refractivity contribution < 1.29 is 14.6 Å². The van der Waals surface area contributed by atoms with Crippen molar-refractivity contribution in [3.8, 4) is 0 Å². The second kappa shape index (κ2) is 6.72. The fourth-order valence-corrected chi connectivity index (χ4v) is 2.96. The van der Waals surface area contributed by atoms with E-state index in [9.17, 15) is 5.11 Å². The van der Waals surface area contributed by atoms with Crippen LogP contribution in [0.1, 0.15) is 64.2 Å². The van der Waals surface area contributed by atoms with Crippen molar-refractivity contribution in [1.82, 2.24) is 0 Å². The molecule has 1 saturated heterocycles. The summed E-state index contributed by atoms with van der Waals surface area (Å²) in [7, 11) is 0. The van der Waals surface area contributed by atoms with Crippen molar-refractivity contribution in [2.75, 3.05) is 13.2 Å². The van der Waals surface area contributed by atoms with Gasteiger partial charge in [0.1, 0.15) is 0 Å². The van der Waals surface area contributed by atoms with Crippen LogP contribution < -0.4 is 0 Å². The van der Waals surface area contributed by atoms with Gasteiger partial charge in [-0.3, -0.25) is 0 Å². The van der Waals surface area contributed by atoms with Crippen molar-refractivity contribution in [2.24, 2.45) is 0 Å². The van der Waals surface area contributed by atoms with E-state index >= 15 is 0 Å². The van der Waals surface area contributed by atoms with E-state index in [4.69, 9.17) is 9.47 Å². The van der Waals surface area contributed by atoms with Crippen LogP contribution in [0.25, 0.3) is 0 Å². The summed E-state index contributed by atoms with van der Waals surface area (Å²) in [6, 6.07) is 0. The Morgan fingerprint density at radius 3 is 2.00 bits per heavy atom. The smallest absolute Gasteiger partial charge is 0.168 e. The summed E-state index contributed by atoms with van der Waals surface area (Å²) >= 11 is 0. The molecule has 0 radical (unpaired) electrons. The molecule has 1 spiro atoms. The predicted molar refractivity (Wildman–Crippen MR) is 66.8 cm³/mol. The number of hydrogen-bond donors (Lipinski definition) is 1. The third-order valence-electron chi connectivity index (χ3n) is 4.00. The van der Waals surface area contributed by atoms with Crippen LogP contribution in [0, 0.1) is 0 Å². The minimum atomic E-state index is -0.274. The van der Waals surface area contributed by atoms with Gasteiger partial charge in [0, 0.05) is 12.8 Å². The average molecular weight is 242 g/mol. The standard InChI is InChI=1S/C14H26O3/c15-13-7-3-1-2-5-9-14(10-6-4-8-13)16-11-12-17-14/h13,15H,1-12H2. The zero-order chi connectivity index (χ0) is 12.0. The third kappa shape index (κ3) is 4.23. The molecule has 1 heterocycles. The Morgan fingerprint density at radius 2 is 1.29 bits per heavy atom. The number of ether oxygens (including phenoxy) is 2. The molecule has 0 aromatic carbocycles. The first kappa shape index (κ1) is 13.3. The Bertz CT molecular complexity index is 212. The highest BCUT2D eigenvalue weighted by Crippen LogP contribution is 2.32. The van der Waals surface area contributed by atoms with Gasteiger partial charge in [-0.2, -0.15) is 0 Å². The molecule has 2 fully saturated rings. The van der Waals surface area contributed by atoms with Crippen LogP contribution in [0.5, 0.6) is 0 Å². The van der Waals surface area contributed by atoms with Gasteiger partial charge in [0.2, 0.25) is 0 Å². The van der Waals surface area contributed by atoms with Crippen LogP contribution in [-0.2, 0) is 9.47 Å². The van der Waals surface area contributed by atoms with Crippen LogP contribution in [-0.4, -0.2) is 30.2 Å². The maximum atomic E-state index is 9.79. The topological polar surface area (TPSA) is 38.7 Å². The lowest BCUT2D eigenvalue weighted by Crippen LogP contribution is -2.30. The van der Waals surface area contributed by atoms with Gasteiger partial charge in [0.25, 0.3) is 0 Å². The zero-order valence-electron chi connectivity index (χ0n) is 10.8. The highest BCUT2D eigenvalue weighted by atomic mass is 16.7. The summed E-state index contributed by atoms with van der Waals surface area (Å²) in [6.45, 7) is 1.51. The van der Waals surface area contributed by atoms with Crippen LogP contribution >= 0.6 is 0 Å². The molecule has 17 heavy (non-hydrogen) atoms. The highest BCUT2D eigenvalue weighted by molar-refractivity contribution is 4.75. The van der Waals surface area contributed by atoms with Gasteiger partial charge in [-0.05, 0) is 25.7 Å². The number of aliphatic hydroxyl groups is 1. The Kier molecular flexibility index (Phi) is 5.26. The number of aliphatic hydroxyl groups excluding tert-OH is 1. The summed E-state index contributed by atoms with van der Waals surface area (Å²) < 4.78 is 11.7. The Balaban J connectivity index is 1.83. The maximum Gasteiger partial charge on any atom is 0.168 e. The van der Waals surface area contributed by atoms with Crippen LogP contribution in [0.3, 0.4) is 0 Å². The second-order valence-corrected chi connectivity index (χ2v) is 5.46. The fraction of sp³-hybridized carbons (Fsp3) is 1.00. The SMILES string of the molecule is OC1CCCCCCC2(CCCC1)OCCO2. The van der Waals surface area contributed by atoms with Gasteiger partial charge in [-0.25, -0.2) is 0 Å². The molecule has 1 atom stereocenters. The molecule has 0 bridgehead atoms. The monoisotopic (exact) mass is 242 g/mol. The van der Waals surface area contributed by atoms with E-state index in [1.165, 1.54) is 19.3 Å². The summed E-state index contributed by atoms with van der Waals surface area (Å²) in [5.41, 5.74) is 0. The van der Waals surface area contributed by atoms with E-state index < -0.39 is 0 Å². The fourth-order valence-electron chi connectivity index (χ4n) is 2.96. The molecular weight excluding hydrogens is 216 g/mol. The lowest BCUT2D eigenvalue weighted by atomic mass is 9.96. The van der Waals surface area contributed by atoms with Crippen molar-refractivity contribution in [1.29, 1.82) is 0 Å². The molecule has 1 aliphatic carbocycles. The summed E-state index contributed by atoms with van der Waals surface area (Å²) in [5.74, 6) is -0.274. The molecule has 1 aliphatic heterocycles. The molecule has 0 aromatic rings. The first-order valence-electron chi connectivity index (χ1n) is 7.27. The molecule has 1 unspecified atom stereocenters. The lowest BCUT2D eigenvalue weighted by Gasteiger charge is -2.28. The summed E-state index contributed by atoms with van der Waals surface area (Å²) in [6.07, 6.45) is 10.9. The van der Waals surface area contributed by atoms with Crippen molar-refractivity contribution in [3.05, 3.63) is 0 Å². The predicted octanol–water partition coefficient (Wildman–Crippen LogP) is 3.01. The van der Waals surface area contributed by atoms with E-state index in [0.29, 0.717) is 0 Å². The third-order valence-corrected chi connectivity index (χ3v) is 4.00. The quantitative estimate of drug-likeness (QED) is 0.709. The minimum Gasteiger partial charge on any atom is -0.393 e. The molecule has 1 saturated carbocycles. The van der Waals surface area contributed by atoms with Gasteiger partial charge in [-0.15, -0.1) is 0 Å². The molecule has 0 aromatic heterocycles. The van der Waals surface area contributed by atoms with Crippen molar-refractivity contribution >= 4 is 0 Å². The van der Waals surface area contributed by atoms with E-state index in [0.717, 1.165) is 58.2 Å². The first-order chi connectivity index (χ1) is 8.31. The van der Waals surface area contributed by atoms with Gasteiger partial charge in [-0.1, -0.05) is 25.7 Å². The Hall–Kier alpha value is -0.120. The van der Waals surface area contributed by atoms with E-state index in [1.54, 1.807) is 0 Å². The molecule has 2 rings (SSSR count). The van der Waals surface area contributed by atoms with E-state index in [2.05, 4.69) is 0 Å². The van der Waals surface area contributed by atoms with Gasteiger partial charge >= 0.3 is 0 Å². The number of hydrogen-bond acceptors (Lipinski definition) is 3. The first-order valence-corrected chi connectivity index (χ1v) is 7.27. The lowest BCUT2D eigenvalue weighted by molar-refractivity contribution is -0.169. The van der Waals surface area contributed by atoms with Gasteiger partial charge in [0.05, 0.1) is 19.3 Å². The van der Waals surface area contributed by atoms with Gasteiger partial charge < -0.3 is 14.6 Å². The van der Waals surface area contributed by atoms with Crippen molar-refractivity contribution in [3.63, 3.8) is 0 Å². The highest BCUT2D eigenvalue weighted by Gasteiger charge is 2.35. The molecule has 3 nitrogen and oxygen atoms in total. The second-order valence-electron chi connectivity index (χ2n) is 5.46. The molecule has 0 amide bonds. The van der Waals surface area contributed by atoms with Crippen molar-refractivity contribution in [2.45, 2.75) is 76.1 Å². The van der Waals surface area contributed by atoms with Gasteiger partial charge in [0.15, 0.2) is 5.79 Å². The molecule has 1 N–H and O–H groups in total. The average Bonchev–Trinajstić information content (AvgIpc) is 2.77. The van der Waals surface area contributed by atoms with Crippen LogP contribution in [0.2, 0.25) is 0 Å². The molecule has 2 aliphatic rings. The van der Waals surface area contributed by atoms with Crippen LogP contribution in [0.15, 0.2) is 0 Å². The summed E-state index contributed by atoms with van der Waals surface area (Å²) in [4.78, 5) is 0. The Labute approximate surface area is 104 Å². The molecular formula is C14H26O3. The maximum absolute atomic E-state index is 9.79. The Morgan fingerprint density at radius 1 is 0.765 bits per heavy atom.